The first-order valence-corrected chi connectivity index (χ1v) is 7.17. The van der Waals surface area contributed by atoms with Gasteiger partial charge in [-0.2, -0.15) is 0 Å². The van der Waals surface area contributed by atoms with Crippen LogP contribution in [0.4, 0.5) is 11.4 Å². The van der Waals surface area contributed by atoms with Gasteiger partial charge in [0, 0.05) is 27.3 Å². The fourth-order valence-corrected chi connectivity index (χ4v) is 2.40. The van der Waals surface area contributed by atoms with Crippen molar-refractivity contribution < 1.29 is 19.1 Å². The van der Waals surface area contributed by atoms with Gasteiger partial charge in [-0.15, -0.1) is 0 Å². The van der Waals surface area contributed by atoms with Crippen molar-refractivity contribution >= 4 is 29.2 Å². The highest BCUT2D eigenvalue weighted by Crippen LogP contribution is 2.25. The summed E-state index contributed by atoms with van der Waals surface area (Å²) in [4.78, 5) is 34.6. The number of anilines is 2. The van der Waals surface area contributed by atoms with Crippen molar-refractivity contribution in [2.24, 2.45) is 0 Å². The highest BCUT2D eigenvalue weighted by molar-refractivity contribution is 5.93. The molecule has 0 aromatic heterocycles. The van der Waals surface area contributed by atoms with Crippen LogP contribution in [-0.4, -0.2) is 37.5 Å². The predicted octanol–water partition coefficient (Wildman–Crippen LogP) is 1.30. The maximum absolute atomic E-state index is 12.0. The van der Waals surface area contributed by atoms with E-state index in [1.165, 1.54) is 21.0 Å². The number of ether oxygens (including phenoxy) is 1. The average Bonchev–Trinajstić information content (AvgIpc) is 2.46. The molecular weight excluding hydrogens is 298 g/mol. The first-order chi connectivity index (χ1) is 10.7. The summed E-state index contributed by atoms with van der Waals surface area (Å²) in [6.07, 6.45) is 0.258. The van der Waals surface area contributed by atoms with Crippen LogP contribution in [0.3, 0.4) is 0 Å². The highest BCUT2D eigenvalue weighted by Gasteiger charge is 2.35. The lowest BCUT2D eigenvalue weighted by molar-refractivity contribution is -0.149. The first-order valence-electron chi connectivity index (χ1n) is 7.17. The molecular formula is C16H23N3O4. The van der Waals surface area contributed by atoms with Gasteiger partial charge in [0.2, 0.25) is 11.8 Å². The second-order valence-corrected chi connectivity index (χ2v) is 5.49. The summed E-state index contributed by atoms with van der Waals surface area (Å²) in [5, 5.41) is 8.35. The molecule has 1 aromatic carbocycles. The zero-order chi connectivity index (χ0) is 17.6. The van der Waals surface area contributed by atoms with Gasteiger partial charge in [-0.3, -0.25) is 9.59 Å². The third-order valence-corrected chi connectivity index (χ3v) is 3.31. The normalized spacial score (nSPS) is 12.7. The van der Waals surface area contributed by atoms with Crippen molar-refractivity contribution in [1.82, 2.24) is 5.32 Å². The SMILES string of the molecule is CNc1cc(CC(C)(NC(C)=O)C(=O)OC)ccc1NC(C)=O. The van der Waals surface area contributed by atoms with Crippen molar-refractivity contribution in [2.45, 2.75) is 32.7 Å². The minimum atomic E-state index is -1.17. The van der Waals surface area contributed by atoms with Gasteiger partial charge in [-0.05, 0) is 24.6 Å². The fourth-order valence-electron chi connectivity index (χ4n) is 2.40. The van der Waals surface area contributed by atoms with Crippen molar-refractivity contribution in [3.63, 3.8) is 0 Å². The number of nitrogens with one attached hydrogen (secondary N) is 3. The molecule has 7 nitrogen and oxygen atoms in total. The maximum atomic E-state index is 12.0. The Morgan fingerprint density at radius 3 is 2.26 bits per heavy atom. The van der Waals surface area contributed by atoms with Gasteiger partial charge in [0.05, 0.1) is 18.5 Å². The van der Waals surface area contributed by atoms with E-state index in [-0.39, 0.29) is 18.2 Å². The average molecular weight is 321 g/mol. The summed E-state index contributed by atoms with van der Waals surface area (Å²) < 4.78 is 4.80. The maximum Gasteiger partial charge on any atom is 0.331 e. The number of rotatable bonds is 6. The number of benzene rings is 1. The zero-order valence-corrected chi connectivity index (χ0v) is 14.1. The summed E-state index contributed by atoms with van der Waals surface area (Å²) in [5.41, 5.74) is 1.00. The molecule has 0 fully saturated rings. The molecule has 126 valence electrons. The van der Waals surface area contributed by atoms with E-state index in [0.717, 1.165) is 5.56 Å². The molecule has 1 aromatic rings. The van der Waals surface area contributed by atoms with Crippen LogP contribution in [0.5, 0.6) is 0 Å². The van der Waals surface area contributed by atoms with E-state index in [9.17, 15) is 14.4 Å². The molecule has 0 aliphatic carbocycles. The lowest BCUT2D eigenvalue weighted by Gasteiger charge is -2.27. The van der Waals surface area contributed by atoms with Crippen LogP contribution >= 0.6 is 0 Å². The van der Waals surface area contributed by atoms with E-state index in [1.54, 1.807) is 26.1 Å². The fraction of sp³-hybridized carbons (Fsp3) is 0.438. The van der Waals surface area contributed by atoms with Gasteiger partial charge in [0.1, 0.15) is 5.54 Å². The van der Waals surface area contributed by atoms with E-state index in [0.29, 0.717) is 11.4 Å². The van der Waals surface area contributed by atoms with Gasteiger partial charge in [0.15, 0.2) is 0 Å². The second-order valence-electron chi connectivity index (χ2n) is 5.49. The van der Waals surface area contributed by atoms with E-state index >= 15 is 0 Å². The van der Waals surface area contributed by atoms with Gasteiger partial charge in [0.25, 0.3) is 0 Å². The Morgan fingerprint density at radius 2 is 1.78 bits per heavy atom. The summed E-state index contributed by atoms with van der Waals surface area (Å²) >= 11 is 0. The Hall–Kier alpha value is -2.57. The Morgan fingerprint density at radius 1 is 1.13 bits per heavy atom. The molecule has 3 N–H and O–H groups in total. The van der Waals surface area contributed by atoms with E-state index in [1.807, 2.05) is 6.07 Å². The van der Waals surface area contributed by atoms with Crippen molar-refractivity contribution in [3.05, 3.63) is 23.8 Å². The van der Waals surface area contributed by atoms with E-state index < -0.39 is 11.5 Å². The van der Waals surface area contributed by atoms with Crippen molar-refractivity contribution in [1.29, 1.82) is 0 Å². The number of hydrogen-bond donors (Lipinski definition) is 3. The van der Waals surface area contributed by atoms with Gasteiger partial charge in [-0.25, -0.2) is 4.79 Å². The third-order valence-electron chi connectivity index (χ3n) is 3.31. The molecule has 7 heteroatoms. The highest BCUT2D eigenvalue weighted by atomic mass is 16.5. The summed E-state index contributed by atoms with van der Waals surface area (Å²) in [6.45, 7) is 4.39. The lowest BCUT2D eigenvalue weighted by atomic mass is 9.92. The predicted molar refractivity (Wildman–Crippen MR) is 88.2 cm³/mol. The molecule has 0 bridgehead atoms. The lowest BCUT2D eigenvalue weighted by Crippen LogP contribution is -2.53. The molecule has 2 amide bonds. The minimum absolute atomic E-state index is 0.174. The Balaban J connectivity index is 3.11. The number of carbonyl (C=O) groups is 3. The number of hydrogen-bond acceptors (Lipinski definition) is 5. The largest absolute Gasteiger partial charge is 0.467 e. The van der Waals surface area contributed by atoms with Crippen molar-refractivity contribution in [3.8, 4) is 0 Å². The molecule has 1 unspecified atom stereocenters. The molecule has 0 saturated heterocycles. The summed E-state index contributed by atoms with van der Waals surface area (Å²) in [7, 11) is 3.01. The Kier molecular flexibility index (Phi) is 6.12. The van der Waals surface area contributed by atoms with Crippen LogP contribution in [0, 0.1) is 0 Å². The molecule has 0 saturated carbocycles. The smallest absolute Gasteiger partial charge is 0.331 e. The number of carbonyl (C=O) groups excluding carboxylic acids is 3. The van der Waals surface area contributed by atoms with Crippen molar-refractivity contribution in [2.75, 3.05) is 24.8 Å². The van der Waals surface area contributed by atoms with Gasteiger partial charge >= 0.3 is 5.97 Å². The molecule has 0 heterocycles. The quantitative estimate of drug-likeness (QED) is 0.686. The Labute approximate surface area is 135 Å². The number of methoxy groups -OCH3 is 1. The van der Waals surface area contributed by atoms with Crippen LogP contribution in [0.15, 0.2) is 18.2 Å². The monoisotopic (exact) mass is 321 g/mol. The van der Waals surface area contributed by atoms with Crippen LogP contribution in [0.25, 0.3) is 0 Å². The molecule has 0 spiro atoms. The van der Waals surface area contributed by atoms with Gasteiger partial charge < -0.3 is 20.7 Å². The van der Waals surface area contributed by atoms with Crippen LogP contribution < -0.4 is 16.0 Å². The molecule has 0 aliphatic rings. The summed E-state index contributed by atoms with van der Waals surface area (Å²) in [6, 6.07) is 5.34. The first kappa shape index (κ1) is 18.5. The standard InChI is InChI=1S/C16H23N3O4/c1-10(20)18-13-7-6-12(8-14(13)17-4)9-16(3,15(22)23-5)19-11(2)21/h6-8,17H,9H2,1-5H3,(H,18,20)(H,19,21). The summed E-state index contributed by atoms with van der Waals surface area (Å²) in [5.74, 6) is -1.02. The van der Waals surface area contributed by atoms with E-state index in [4.69, 9.17) is 4.74 Å². The molecule has 0 aliphatic heterocycles. The molecule has 1 atom stereocenters. The van der Waals surface area contributed by atoms with Crippen LogP contribution in [0.2, 0.25) is 0 Å². The molecule has 0 radical (unpaired) electrons. The molecule has 23 heavy (non-hydrogen) atoms. The Bertz CT molecular complexity index is 615. The van der Waals surface area contributed by atoms with Crippen LogP contribution in [0.1, 0.15) is 26.3 Å². The van der Waals surface area contributed by atoms with E-state index in [2.05, 4.69) is 16.0 Å². The third kappa shape index (κ3) is 4.98. The number of esters is 1. The second kappa shape index (κ2) is 7.62. The zero-order valence-electron chi connectivity index (χ0n) is 14.1. The topological polar surface area (TPSA) is 96.5 Å². The molecule has 1 rings (SSSR count). The number of amides is 2. The van der Waals surface area contributed by atoms with Gasteiger partial charge in [-0.1, -0.05) is 6.07 Å². The van der Waals surface area contributed by atoms with Crippen LogP contribution in [-0.2, 0) is 25.5 Å². The minimum Gasteiger partial charge on any atom is -0.467 e.